The van der Waals surface area contributed by atoms with Gasteiger partial charge in [0.25, 0.3) is 11.6 Å². The monoisotopic (exact) mass is 292 g/mol. The molecular weight excluding hydrogens is 284 g/mol. The number of nitrogens with zero attached hydrogens (tertiary/aromatic N) is 2. The normalized spacial score (nSPS) is 10.1. The molecule has 0 bridgehead atoms. The van der Waals surface area contributed by atoms with E-state index in [1.165, 1.54) is 24.4 Å². The summed E-state index contributed by atoms with van der Waals surface area (Å²) in [6, 6.07) is 6.71. The summed E-state index contributed by atoms with van der Waals surface area (Å²) in [7, 11) is 0. The fourth-order valence-electron chi connectivity index (χ4n) is 1.49. The first-order valence-electron chi connectivity index (χ1n) is 5.44. The van der Waals surface area contributed by atoms with Crippen molar-refractivity contribution in [2.75, 3.05) is 11.1 Å². The van der Waals surface area contributed by atoms with E-state index in [0.29, 0.717) is 5.02 Å². The van der Waals surface area contributed by atoms with Gasteiger partial charge < -0.3 is 11.1 Å². The van der Waals surface area contributed by atoms with Crippen molar-refractivity contribution in [3.05, 3.63) is 57.2 Å². The maximum Gasteiger partial charge on any atom is 0.270 e. The third kappa shape index (κ3) is 3.01. The Morgan fingerprint density at radius 1 is 1.35 bits per heavy atom. The van der Waals surface area contributed by atoms with Crippen LogP contribution in [0.4, 0.5) is 17.2 Å². The van der Waals surface area contributed by atoms with E-state index >= 15 is 0 Å². The predicted octanol–water partition coefficient (Wildman–Crippen LogP) is 2.48. The highest BCUT2D eigenvalue weighted by atomic mass is 35.5. The predicted molar refractivity (Wildman–Crippen MR) is 74.7 cm³/mol. The Bertz CT molecular complexity index is 673. The molecule has 20 heavy (non-hydrogen) atoms. The van der Waals surface area contributed by atoms with Crippen molar-refractivity contribution < 1.29 is 9.72 Å². The van der Waals surface area contributed by atoms with Gasteiger partial charge in [-0.3, -0.25) is 14.9 Å². The Labute approximate surface area is 118 Å². The lowest BCUT2D eigenvalue weighted by molar-refractivity contribution is -0.384. The van der Waals surface area contributed by atoms with Crippen LogP contribution in [0.2, 0.25) is 5.02 Å². The van der Waals surface area contributed by atoms with Crippen LogP contribution in [0, 0.1) is 10.1 Å². The number of halogens is 1. The highest BCUT2D eigenvalue weighted by molar-refractivity contribution is 6.30. The molecule has 0 radical (unpaired) electrons. The van der Waals surface area contributed by atoms with E-state index in [-0.39, 0.29) is 22.8 Å². The van der Waals surface area contributed by atoms with Gasteiger partial charge in [-0.1, -0.05) is 11.6 Å². The van der Waals surface area contributed by atoms with E-state index in [4.69, 9.17) is 17.3 Å². The molecule has 102 valence electrons. The maximum atomic E-state index is 12.0. The summed E-state index contributed by atoms with van der Waals surface area (Å²) in [6.07, 6.45) is 1.37. The number of carbonyl (C=O) groups excluding carboxylic acids is 1. The zero-order valence-electron chi connectivity index (χ0n) is 10.0. The second kappa shape index (κ2) is 5.54. The van der Waals surface area contributed by atoms with Crippen molar-refractivity contribution in [1.29, 1.82) is 0 Å². The number of amides is 1. The highest BCUT2D eigenvalue weighted by Crippen LogP contribution is 2.20. The first-order chi connectivity index (χ1) is 9.47. The number of nitrogens with two attached hydrogens (primary N) is 1. The number of nitro groups is 1. The van der Waals surface area contributed by atoms with Crippen LogP contribution >= 0.6 is 11.6 Å². The minimum Gasteiger partial charge on any atom is -0.398 e. The molecule has 0 unspecified atom stereocenters. The van der Waals surface area contributed by atoms with E-state index in [1.54, 1.807) is 6.07 Å². The number of nitro benzene ring substituents is 1. The van der Waals surface area contributed by atoms with E-state index in [1.807, 2.05) is 0 Å². The van der Waals surface area contributed by atoms with Crippen molar-refractivity contribution in [1.82, 2.24) is 4.98 Å². The summed E-state index contributed by atoms with van der Waals surface area (Å²) >= 11 is 5.68. The summed E-state index contributed by atoms with van der Waals surface area (Å²) in [5.74, 6) is -0.314. The molecule has 0 aliphatic heterocycles. The highest BCUT2D eigenvalue weighted by Gasteiger charge is 2.15. The zero-order chi connectivity index (χ0) is 14.7. The number of nitrogens with one attached hydrogen (secondary N) is 1. The van der Waals surface area contributed by atoms with Crippen molar-refractivity contribution in [3.63, 3.8) is 0 Å². The topological polar surface area (TPSA) is 111 Å². The second-order valence-corrected chi connectivity index (χ2v) is 4.28. The SMILES string of the molecule is Nc1ccc([N+](=O)[O-])cc1C(=O)Nc1ccc(Cl)cn1. The van der Waals surface area contributed by atoms with Crippen molar-refractivity contribution in [2.24, 2.45) is 0 Å². The number of pyridine rings is 1. The lowest BCUT2D eigenvalue weighted by atomic mass is 10.1. The Morgan fingerprint density at radius 3 is 2.70 bits per heavy atom. The molecule has 1 amide bonds. The van der Waals surface area contributed by atoms with Crippen LogP contribution in [0.15, 0.2) is 36.5 Å². The molecule has 1 aromatic carbocycles. The maximum absolute atomic E-state index is 12.0. The minimum atomic E-state index is -0.600. The molecule has 0 spiro atoms. The van der Waals surface area contributed by atoms with Crippen LogP contribution in [0.5, 0.6) is 0 Å². The molecule has 2 aromatic rings. The van der Waals surface area contributed by atoms with Crippen molar-refractivity contribution in [3.8, 4) is 0 Å². The zero-order valence-corrected chi connectivity index (χ0v) is 10.8. The number of carbonyl (C=O) groups is 1. The van der Waals surface area contributed by atoms with E-state index in [9.17, 15) is 14.9 Å². The number of hydrogen-bond acceptors (Lipinski definition) is 5. The van der Waals surface area contributed by atoms with Crippen molar-refractivity contribution in [2.45, 2.75) is 0 Å². The van der Waals surface area contributed by atoms with Crippen LogP contribution in [-0.2, 0) is 0 Å². The molecule has 1 aromatic heterocycles. The smallest absolute Gasteiger partial charge is 0.270 e. The Kier molecular flexibility index (Phi) is 3.81. The second-order valence-electron chi connectivity index (χ2n) is 3.84. The van der Waals surface area contributed by atoms with Gasteiger partial charge in [0, 0.05) is 24.0 Å². The molecule has 0 aliphatic carbocycles. The van der Waals surface area contributed by atoms with Crippen LogP contribution in [0.3, 0.4) is 0 Å². The molecular formula is C12H9ClN4O3. The number of anilines is 2. The summed E-state index contributed by atoms with van der Waals surface area (Å²) < 4.78 is 0. The lowest BCUT2D eigenvalue weighted by Crippen LogP contribution is -2.15. The number of non-ortho nitro benzene ring substituents is 1. The Hall–Kier alpha value is -2.67. The van der Waals surface area contributed by atoms with Gasteiger partial charge in [-0.2, -0.15) is 0 Å². The average molecular weight is 293 g/mol. The molecule has 1 heterocycles. The molecule has 7 nitrogen and oxygen atoms in total. The number of aromatic nitrogens is 1. The third-order valence-electron chi connectivity index (χ3n) is 2.46. The molecule has 0 atom stereocenters. The summed E-state index contributed by atoms with van der Waals surface area (Å²) in [5.41, 5.74) is 5.58. The molecule has 2 rings (SSSR count). The van der Waals surface area contributed by atoms with Crippen LogP contribution in [0.25, 0.3) is 0 Å². The number of nitrogen functional groups attached to an aromatic ring is 1. The first-order valence-corrected chi connectivity index (χ1v) is 5.82. The summed E-state index contributed by atoms with van der Waals surface area (Å²) in [4.78, 5) is 26.0. The van der Waals surface area contributed by atoms with E-state index in [0.717, 1.165) is 6.07 Å². The fourth-order valence-corrected chi connectivity index (χ4v) is 1.60. The number of hydrogen-bond donors (Lipinski definition) is 2. The minimum absolute atomic E-state index is 0.0101. The molecule has 3 N–H and O–H groups in total. The quantitative estimate of drug-likeness (QED) is 0.513. The average Bonchev–Trinajstić information content (AvgIpc) is 2.41. The summed E-state index contributed by atoms with van der Waals surface area (Å²) in [5, 5.41) is 13.6. The Balaban J connectivity index is 2.26. The van der Waals surface area contributed by atoms with Gasteiger partial charge in [0.2, 0.25) is 0 Å². The van der Waals surface area contributed by atoms with Gasteiger partial charge in [-0.05, 0) is 18.2 Å². The molecule has 0 fully saturated rings. The standard InChI is InChI=1S/C12H9ClN4O3/c13-7-1-4-11(15-6-7)16-12(18)9-5-8(17(19)20)2-3-10(9)14/h1-6H,14H2,(H,15,16,18). The Morgan fingerprint density at radius 2 is 2.10 bits per heavy atom. The number of rotatable bonds is 3. The van der Waals surface area contributed by atoms with Gasteiger partial charge in [0.1, 0.15) is 5.82 Å². The molecule has 8 heteroatoms. The first kappa shape index (κ1) is 13.8. The van der Waals surface area contributed by atoms with Gasteiger partial charge in [0.05, 0.1) is 15.5 Å². The molecule has 0 aliphatic rings. The molecule has 0 saturated carbocycles. The fraction of sp³-hybridized carbons (Fsp3) is 0. The third-order valence-corrected chi connectivity index (χ3v) is 2.68. The van der Waals surface area contributed by atoms with Gasteiger partial charge in [-0.25, -0.2) is 4.98 Å². The summed E-state index contributed by atoms with van der Waals surface area (Å²) in [6.45, 7) is 0. The van der Waals surface area contributed by atoms with Gasteiger partial charge in [-0.15, -0.1) is 0 Å². The van der Waals surface area contributed by atoms with E-state index in [2.05, 4.69) is 10.3 Å². The van der Waals surface area contributed by atoms with Gasteiger partial charge in [0.15, 0.2) is 0 Å². The molecule has 0 saturated heterocycles. The van der Waals surface area contributed by atoms with E-state index < -0.39 is 10.8 Å². The van der Waals surface area contributed by atoms with Crippen LogP contribution in [-0.4, -0.2) is 15.8 Å². The largest absolute Gasteiger partial charge is 0.398 e. The van der Waals surface area contributed by atoms with Crippen molar-refractivity contribution >= 4 is 34.7 Å². The lowest BCUT2D eigenvalue weighted by Gasteiger charge is -2.06. The van der Waals surface area contributed by atoms with Gasteiger partial charge >= 0.3 is 0 Å². The number of benzene rings is 1. The van der Waals surface area contributed by atoms with Crippen LogP contribution < -0.4 is 11.1 Å². The van der Waals surface area contributed by atoms with Crippen LogP contribution in [0.1, 0.15) is 10.4 Å².